The monoisotopic (exact) mass is 480 g/mol. The van der Waals surface area contributed by atoms with Crippen molar-refractivity contribution in [2.24, 2.45) is 9.98 Å². The van der Waals surface area contributed by atoms with Crippen LogP contribution in [0, 0.1) is 13.8 Å². The molecule has 0 amide bonds. The van der Waals surface area contributed by atoms with Crippen molar-refractivity contribution in [2.75, 3.05) is 0 Å². The third-order valence-corrected chi connectivity index (χ3v) is 4.62. The summed E-state index contributed by atoms with van der Waals surface area (Å²) in [5, 5.41) is 4.44. The summed E-state index contributed by atoms with van der Waals surface area (Å²) in [5.74, 6) is 2.38. The molecule has 4 rings (SSSR count). The number of halogens is 8. The number of aryl methyl sites for hydroxylation is 2. The minimum atomic E-state index is -6.00. The van der Waals surface area contributed by atoms with E-state index in [9.17, 15) is 34.5 Å². The summed E-state index contributed by atoms with van der Waals surface area (Å²) in [5.41, 5.74) is 7.38. The summed E-state index contributed by atoms with van der Waals surface area (Å²) in [7, 11) is -12.0. The molecule has 2 heterocycles. The Bertz CT molecular complexity index is 1010. The van der Waals surface area contributed by atoms with E-state index in [1.165, 1.54) is 34.2 Å². The predicted molar refractivity (Wildman–Crippen MR) is 114 cm³/mol. The van der Waals surface area contributed by atoms with E-state index in [4.69, 9.17) is 4.99 Å². The zero-order chi connectivity index (χ0) is 24.8. The number of para-hydroxylation sites is 2. The van der Waals surface area contributed by atoms with Crippen LogP contribution in [-0.2, 0) is 0 Å². The molecule has 2 aromatic rings. The van der Waals surface area contributed by atoms with Gasteiger partial charge in [-0.25, -0.2) is 0 Å². The maximum Gasteiger partial charge on any atom is 0.673 e. The SMILES string of the molecule is Cc1cc2c(cc1C)[NH2+]C(CCCC1=Nc3ccccc3[NH2+]1)=N2.F[B-](F)(F)F.F[B-](F)(F)F. The lowest BCUT2D eigenvalue weighted by Gasteiger charge is -2.00. The first-order chi connectivity index (χ1) is 15.2. The van der Waals surface area contributed by atoms with Crippen LogP contribution >= 0.6 is 0 Å². The summed E-state index contributed by atoms with van der Waals surface area (Å²) >= 11 is 0. The number of rotatable bonds is 4. The van der Waals surface area contributed by atoms with Gasteiger partial charge in [0.1, 0.15) is 11.4 Å². The number of aliphatic imine (C=N–C) groups is 2. The van der Waals surface area contributed by atoms with Crippen molar-refractivity contribution in [1.82, 2.24) is 0 Å². The van der Waals surface area contributed by atoms with Crippen LogP contribution in [0.3, 0.4) is 0 Å². The highest BCUT2D eigenvalue weighted by Gasteiger charge is 2.23. The number of hydrogen-bond acceptors (Lipinski definition) is 2. The summed E-state index contributed by atoms with van der Waals surface area (Å²) in [4.78, 5) is 9.46. The van der Waals surface area contributed by atoms with Gasteiger partial charge in [0.2, 0.25) is 11.7 Å². The maximum atomic E-state index is 9.75. The quantitative estimate of drug-likeness (QED) is 0.342. The second kappa shape index (κ2) is 10.9. The van der Waals surface area contributed by atoms with E-state index in [0.29, 0.717) is 0 Å². The van der Waals surface area contributed by atoms with Gasteiger partial charge in [-0.2, -0.15) is 9.98 Å². The van der Waals surface area contributed by atoms with Crippen LogP contribution in [-0.4, -0.2) is 26.2 Å². The fraction of sp³-hybridized carbons (Fsp3) is 0.263. The lowest BCUT2D eigenvalue weighted by Crippen LogP contribution is -2.81. The molecule has 14 heteroatoms. The van der Waals surface area contributed by atoms with Gasteiger partial charge in [0.15, 0.2) is 11.4 Å². The van der Waals surface area contributed by atoms with E-state index in [2.05, 4.69) is 59.8 Å². The molecule has 180 valence electrons. The van der Waals surface area contributed by atoms with Crippen molar-refractivity contribution in [3.8, 4) is 0 Å². The van der Waals surface area contributed by atoms with Crippen LogP contribution in [0.1, 0.15) is 30.4 Å². The Morgan fingerprint density at radius 3 is 1.67 bits per heavy atom. The number of fused-ring (bicyclic) bond motifs is 2. The molecule has 33 heavy (non-hydrogen) atoms. The first kappa shape index (κ1) is 26.5. The number of benzene rings is 2. The molecule has 0 saturated heterocycles. The van der Waals surface area contributed by atoms with E-state index in [-0.39, 0.29) is 0 Å². The number of nitrogens with zero attached hydrogens (tertiary/aromatic N) is 2. The largest absolute Gasteiger partial charge is 0.673 e. The zero-order valence-electron chi connectivity index (χ0n) is 17.8. The minimum Gasteiger partial charge on any atom is -0.418 e. The number of nitrogens with two attached hydrogens (primary N) is 2. The van der Waals surface area contributed by atoms with Gasteiger partial charge < -0.3 is 34.5 Å². The average Bonchev–Trinajstić information content (AvgIpc) is 3.22. The third kappa shape index (κ3) is 10.2. The Labute approximate surface area is 185 Å². The van der Waals surface area contributed by atoms with Crippen molar-refractivity contribution in [2.45, 2.75) is 33.1 Å². The molecule has 0 fully saturated rings. The number of amidine groups is 2. The van der Waals surface area contributed by atoms with Crippen molar-refractivity contribution in [3.63, 3.8) is 0 Å². The lowest BCUT2D eigenvalue weighted by molar-refractivity contribution is -0.442. The molecule has 2 aliphatic heterocycles. The highest BCUT2D eigenvalue weighted by molar-refractivity contribution is 6.50. The van der Waals surface area contributed by atoms with Gasteiger partial charge in [0.05, 0.1) is 0 Å². The van der Waals surface area contributed by atoms with Crippen LogP contribution < -0.4 is 10.6 Å². The minimum absolute atomic E-state index is 1.01. The van der Waals surface area contributed by atoms with Crippen molar-refractivity contribution >= 4 is 48.9 Å². The first-order valence-electron chi connectivity index (χ1n) is 9.98. The molecule has 0 spiro atoms. The van der Waals surface area contributed by atoms with Crippen LogP contribution in [0.25, 0.3) is 0 Å². The van der Waals surface area contributed by atoms with Crippen molar-refractivity contribution in [1.29, 1.82) is 0 Å². The van der Waals surface area contributed by atoms with E-state index in [1.807, 2.05) is 6.07 Å². The average molecular weight is 480 g/mol. The van der Waals surface area contributed by atoms with E-state index >= 15 is 0 Å². The smallest absolute Gasteiger partial charge is 0.418 e. The van der Waals surface area contributed by atoms with Gasteiger partial charge in [-0.15, -0.1) is 0 Å². The third-order valence-electron chi connectivity index (χ3n) is 4.62. The van der Waals surface area contributed by atoms with Crippen molar-refractivity contribution in [3.05, 3.63) is 47.5 Å². The van der Waals surface area contributed by atoms with Gasteiger partial charge in [-0.1, -0.05) is 12.1 Å². The van der Waals surface area contributed by atoms with Crippen LogP contribution in [0.5, 0.6) is 0 Å². The fourth-order valence-corrected chi connectivity index (χ4v) is 3.19. The number of hydrogen-bond donors (Lipinski definition) is 2. The molecular weight excluding hydrogens is 458 g/mol. The molecular formula is C19H22B2F8N4. The van der Waals surface area contributed by atoms with Gasteiger partial charge in [0, 0.05) is 25.0 Å². The molecule has 0 atom stereocenters. The van der Waals surface area contributed by atoms with Gasteiger partial charge in [-0.05, 0) is 43.5 Å². The van der Waals surface area contributed by atoms with Crippen LogP contribution in [0.4, 0.5) is 57.3 Å². The summed E-state index contributed by atoms with van der Waals surface area (Å²) in [6.07, 6.45) is 3.11. The molecule has 0 saturated carbocycles. The lowest BCUT2D eigenvalue weighted by atomic mass is 10.1. The van der Waals surface area contributed by atoms with E-state index in [1.54, 1.807) is 0 Å². The molecule has 2 aromatic carbocycles. The Morgan fingerprint density at radius 1 is 0.667 bits per heavy atom. The molecule has 0 bridgehead atoms. The topological polar surface area (TPSA) is 57.9 Å². The van der Waals surface area contributed by atoms with Gasteiger partial charge in [0.25, 0.3) is 0 Å². The molecule has 0 aromatic heterocycles. The summed E-state index contributed by atoms with van der Waals surface area (Å²) in [6, 6.07) is 12.8. The van der Waals surface area contributed by atoms with Crippen LogP contribution in [0.2, 0.25) is 0 Å². The number of quaternary nitrogens is 2. The highest BCUT2D eigenvalue weighted by Crippen LogP contribution is 2.28. The van der Waals surface area contributed by atoms with Crippen LogP contribution in [0.15, 0.2) is 46.4 Å². The summed E-state index contributed by atoms with van der Waals surface area (Å²) < 4.78 is 78.0. The Kier molecular flexibility index (Phi) is 8.78. The molecule has 2 aliphatic rings. The van der Waals surface area contributed by atoms with E-state index < -0.39 is 14.5 Å². The van der Waals surface area contributed by atoms with Gasteiger partial charge in [-0.3, -0.25) is 10.6 Å². The fourth-order valence-electron chi connectivity index (χ4n) is 3.19. The molecule has 4 N–H and O–H groups in total. The molecule has 0 aliphatic carbocycles. The Hall–Kier alpha value is -2.73. The predicted octanol–water partition coefficient (Wildman–Crippen LogP) is 5.25. The first-order valence-corrected chi connectivity index (χ1v) is 9.98. The molecule has 0 unspecified atom stereocenters. The van der Waals surface area contributed by atoms with Crippen molar-refractivity contribution < 1.29 is 45.2 Å². The maximum absolute atomic E-state index is 9.75. The second-order valence-corrected chi connectivity index (χ2v) is 7.39. The normalized spacial score (nSPS) is 14.2. The second-order valence-electron chi connectivity index (χ2n) is 7.39. The van der Waals surface area contributed by atoms with E-state index in [0.717, 1.165) is 30.6 Å². The zero-order valence-corrected chi connectivity index (χ0v) is 17.8. The molecule has 0 radical (unpaired) electrons. The summed E-state index contributed by atoms with van der Waals surface area (Å²) in [6.45, 7) is 4.31. The highest BCUT2D eigenvalue weighted by atomic mass is 19.5. The Balaban J connectivity index is 0.000000327. The molecule has 4 nitrogen and oxygen atoms in total. The Morgan fingerprint density at radius 2 is 1.12 bits per heavy atom. The van der Waals surface area contributed by atoms with Gasteiger partial charge >= 0.3 is 14.5 Å². The standard InChI is InChI=1S/C19H20N4.2BF4/c1-12-10-16-17(11-13(12)2)23-19(22-16)9-5-8-18-20-14-6-3-4-7-15(14)21-18;2*2-1(3,4)5/h3-4,6-7,10-11H,5,8-9H2,1-2H3,(H,20,21)(H,22,23);;/q;2*-1/p+2.